The first-order chi connectivity index (χ1) is 12.7. The predicted molar refractivity (Wildman–Crippen MR) is 101 cm³/mol. The third-order valence-electron chi connectivity index (χ3n) is 6.45. The number of nitrogens with one attached hydrogen (secondary N) is 1. The molecule has 0 spiro atoms. The van der Waals surface area contributed by atoms with Crippen molar-refractivity contribution in [1.82, 2.24) is 10.2 Å². The van der Waals surface area contributed by atoms with Crippen molar-refractivity contribution in [2.24, 2.45) is 5.92 Å². The number of amides is 1. The third-order valence-corrected chi connectivity index (χ3v) is 6.45. The summed E-state index contributed by atoms with van der Waals surface area (Å²) in [4.78, 5) is 15.5. The van der Waals surface area contributed by atoms with E-state index in [1.165, 1.54) is 51.6 Å². The Bertz CT molecular complexity index is 649. The van der Waals surface area contributed by atoms with E-state index in [0.29, 0.717) is 6.61 Å². The van der Waals surface area contributed by atoms with Crippen molar-refractivity contribution < 1.29 is 14.3 Å². The first-order valence-corrected chi connectivity index (χ1v) is 10.0. The smallest absolute Gasteiger partial charge is 0.226 e. The molecule has 1 aromatic rings. The maximum absolute atomic E-state index is 12.8. The third kappa shape index (κ3) is 3.29. The van der Waals surface area contributed by atoms with E-state index in [9.17, 15) is 4.79 Å². The van der Waals surface area contributed by atoms with E-state index in [4.69, 9.17) is 9.47 Å². The van der Waals surface area contributed by atoms with Crippen LogP contribution >= 0.6 is 0 Å². The number of para-hydroxylation sites is 1. The summed E-state index contributed by atoms with van der Waals surface area (Å²) in [5.41, 5.74) is 1.26. The van der Waals surface area contributed by atoms with Gasteiger partial charge in [0.1, 0.15) is 6.61 Å². The highest BCUT2D eigenvalue weighted by molar-refractivity contribution is 5.79. The van der Waals surface area contributed by atoms with Crippen molar-refractivity contribution in [3.63, 3.8) is 0 Å². The lowest BCUT2D eigenvalue weighted by atomic mass is 9.93. The Morgan fingerprint density at radius 2 is 2.04 bits per heavy atom. The van der Waals surface area contributed by atoms with Gasteiger partial charge in [-0.15, -0.1) is 0 Å². The summed E-state index contributed by atoms with van der Waals surface area (Å²) in [5.74, 6) is 1.55. The number of carbonyl (C=O) groups excluding carboxylic acids is 1. The van der Waals surface area contributed by atoms with Crippen molar-refractivity contribution in [3.05, 3.63) is 23.8 Å². The quantitative estimate of drug-likeness (QED) is 0.879. The molecule has 142 valence electrons. The standard InChI is InChI=1S/C21H30N2O3/c1-25-18-8-6-7-16-13-17(14-26-19(16)18)20(24)22-15-21(9-2-3-10-21)23-11-4-5-12-23/h6-8,17H,2-5,9-15H2,1H3,(H,22,24)/t17-/m1/s1. The van der Waals surface area contributed by atoms with Gasteiger partial charge >= 0.3 is 0 Å². The van der Waals surface area contributed by atoms with Crippen LogP contribution in [0.2, 0.25) is 0 Å². The van der Waals surface area contributed by atoms with Gasteiger partial charge < -0.3 is 14.8 Å². The van der Waals surface area contributed by atoms with Gasteiger partial charge in [-0.3, -0.25) is 9.69 Å². The molecule has 4 rings (SSSR count). The second kappa shape index (κ2) is 7.47. The molecule has 5 heteroatoms. The molecule has 0 bridgehead atoms. The van der Waals surface area contributed by atoms with Crippen molar-refractivity contribution in [2.75, 3.05) is 33.4 Å². The van der Waals surface area contributed by atoms with E-state index in [2.05, 4.69) is 10.2 Å². The van der Waals surface area contributed by atoms with E-state index in [-0.39, 0.29) is 17.4 Å². The number of rotatable bonds is 5. The Morgan fingerprint density at radius 1 is 1.27 bits per heavy atom. The Labute approximate surface area is 156 Å². The van der Waals surface area contributed by atoms with E-state index < -0.39 is 0 Å². The fraction of sp³-hybridized carbons (Fsp3) is 0.667. The highest BCUT2D eigenvalue weighted by Crippen LogP contribution is 2.38. The number of methoxy groups -OCH3 is 1. The van der Waals surface area contributed by atoms with Crippen molar-refractivity contribution >= 4 is 5.91 Å². The predicted octanol–water partition coefficient (Wildman–Crippen LogP) is 2.77. The van der Waals surface area contributed by atoms with Crippen LogP contribution in [-0.2, 0) is 11.2 Å². The van der Waals surface area contributed by atoms with Crippen molar-refractivity contribution in [3.8, 4) is 11.5 Å². The maximum Gasteiger partial charge on any atom is 0.226 e. The van der Waals surface area contributed by atoms with Crippen LogP contribution in [0.25, 0.3) is 0 Å². The molecule has 1 saturated heterocycles. The van der Waals surface area contributed by atoms with Gasteiger partial charge in [0.2, 0.25) is 5.91 Å². The molecule has 1 aliphatic carbocycles. The Kier molecular flexibility index (Phi) is 5.07. The minimum absolute atomic E-state index is 0.119. The second-order valence-electron chi connectivity index (χ2n) is 8.00. The fourth-order valence-corrected chi connectivity index (χ4v) is 4.95. The lowest BCUT2D eigenvalue weighted by Gasteiger charge is -2.39. The Morgan fingerprint density at radius 3 is 2.77 bits per heavy atom. The van der Waals surface area contributed by atoms with Gasteiger partial charge in [0.15, 0.2) is 11.5 Å². The van der Waals surface area contributed by atoms with E-state index in [1.807, 2.05) is 18.2 Å². The van der Waals surface area contributed by atoms with Crippen LogP contribution in [-0.4, -0.2) is 49.7 Å². The highest BCUT2D eigenvalue weighted by Gasteiger charge is 2.41. The minimum Gasteiger partial charge on any atom is -0.493 e. The first kappa shape index (κ1) is 17.7. The number of fused-ring (bicyclic) bond motifs is 1. The molecule has 1 atom stereocenters. The van der Waals surface area contributed by atoms with E-state index >= 15 is 0 Å². The zero-order valence-electron chi connectivity index (χ0n) is 15.8. The van der Waals surface area contributed by atoms with Gasteiger partial charge in [0, 0.05) is 12.1 Å². The normalized spacial score (nSPS) is 24.7. The SMILES string of the molecule is COc1cccc2c1OC[C@H](C(=O)NCC1(N3CCCC3)CCCC1)C2. The summed E-state index contributed by atoms with van der Waals surface area (Å²) in [7, 11) is 1.65. The number of hydrogen-bond acceptors (Lipinski definition) is 4. The Balaban J connectivity index is 1.39. The molecular weight excluding hydrogens is 328 g/mol. The molecule has 1 aromatic carbocycles. The molecule has 2 fully saturated rings. The topological polar surface area (TPSA) is 50.8 Å². The molecule has 0 unspecified atom stereocenters. The zero-order valence-corrected chi connectivity index (χ0v) is 15.8. The molecule has 5 nitrogen and oxygen atoms in total. The minimum atomic E-state index is -0.119. The van der Waals surface area contributed by atoms with Crippen LogP contribution in [0, 0.1) is 5.92 Å². The van der Waals surface area contributed by atoms with Crippen LogP contribution in [0.15, 0.2) is 18.2 Å². The summed E-state index contributed by atoms with van der Waals surface area (Å²) in [6.45, 7) is 3.59. The number of hydrogen-bond donors (Lipinski definition) is 1. The number of likely N-dealkylation sites (tertiary alicyclic amines) is 1. The van der Waals surface area contributed by atoms with Gasteiger partial charge in [-0.1, -0.05) is 25.0 Å². The number of ether oxygens (including phenoxy) is 2. The summed E-state index contributed by atoms with van der Waals surface area (Å²) < 4.78 is 11.2. The van der Waals surface area contributed by atoms with E-state index in [0.717, 1.165) is 30.0 Å². The van der Waals surface area contributed by atoms with Gasteiger partial charge in [-0.25, -0.2) is 0 Å². The highest BCUT2D eigenvalue weighted by atomic mass is 16.5. The van der Waals surface area contributed by atoms with Gasteiger partial charge in [0.25, 0.3) is 0 Å². The van der Waals surface area contributed by atoms with Crippen molar-refractivity contribution in [1.29, 1.82) is 0 Å². The van der Waals surface area contributed by atoms with E-state index in [1.54, 1.807) is 7.11 Å². The number of carbonyl (C=O) groups is 1. The average molecular weight is 358 g/mol. The van der Waals surface area contributed by atoms with Crippen LogP contribution in [0.1, 0.15) is 44.1 Å². The van der Waals surface area contributed by atoms with Gasteiger partial charge in [-0.05, 0) is 56.8 Å². The average Bonchev–Trinajstić information content (AvgIpc) is 3.37. The fourth-order valence-electron chi connectivity index (χ4n) is 4.95. The van der Waals surface area contributed by atoms with Gasteiger partial charge in [0.05, 0.1) is 13.0 Å². The van der Waals surface area contributed by atoms with Crippen molar-refractivity contribution in [2.45, 2.75) is 50.5 Å². The molecule has 26 heavy (non-hydrogen) atoms. The molecule has 1 N–H and O–H groups in total. The summed E-state index contributed by atoms with van der Waals surface area (Å²) in [6.07, 6.45) is 8.31. The molecule has 2 heterocycles. The monoisotopic (exact) mass is 358 g/mol. The molecule has 0 aromatic heterocycles. The molecule has 1 saturated carbocycles. The number of benzene rings is 1. The van der Waals surface area contributed by atoms with Crippen LogP contribution < -0.4 is 14.8 Å². The maximum atomic E-state index is 12.8. The molecule has 3 aliphatic rings. The lowest BCUT2D eigenvalue weighted by molar-refractivity contribution is -0.127. The van der Waals surface area contributed by atoms with Crippen LogP contribution in [0.3, 0.4) is 0 Å². The summed E-state index contributed by atoms with van der Waals surface area (Å²) in [6, 6.07) is 5.89. The largest absolute Gasteiger partial charge is 0.493 e. The molecule has 0 radical (unpaired) electrons. The zero-order chi connectivity index (χ0) is 18.0. The molecule has 1 amide bonds. The Hall–Kier alpha value is -1.75. The summed E-state index contributed by atoms with van der Waals surface area (Å²) in [5, 5.41) is 3.28. The summed E-state index contributed by atoms with van der Waals surface area (Å²) >= 11 is 0. The lowest BCUT2D eigenvalue weighted by Crippen LogP contribution is -2.54. The first-order valence-electron chi connectivity index (χ1n) is 10.0. The van der Waals surface area contributed by atoms with Gasteiger partial charge in [-0.2, -0.15) is 0 Å². The van der Waals surface area contributed by atoms with Crippen LogP contribution in [0.5, 0.6) is 11.5 Å². The molecular formula is C21H30N2O3. The van der Waals surface area contributed by atoms with Crippen LogP contribution in [0.4, 0.5) is 0 Å². The second-order valence-corrected chi connectivity index (χ2v) is 8.00. The number of nitrogens with zero attached hydrogens (tertiary/aromatic N) is 1. The molecule has 2 aliphatic heterocycles.